The Hall–Kier alpha value is -1.02. The Morgan fingerprint density at radius 3 is 2.29 bits per heavy atom. The Morgan fingerprint density at radius 2 is 1.75 bits per heavy atom. The van der Waals surface area contributed by atoms with Gasteiger partial charge in [-0.1, -0.05) is 20.8 Å². The van der Waals surface area contributed by atoms with Gasteiger partial charge in [-0.05, 0) is 18.3 Å². The third kappa shape index (κ3) is 9.97. The number of piperazine rings is 1. The highest BCUT2D eigenvalue weighted by molar-refractivity contribution is 5.74. The molecule has 0 saturated carbocycles. The third-order valence-electron chi connectivity index (χ3n) is 3.84. The molecular formula is C16H30F3N3O2. The maximum atomic E-state index is 12.1. The summed E-state index contributed by atoms with van der Waals surface area (Å²) < 4.78 is 40.4. The minimum Gasteiger partial charge on any atom is -0.372 e. The number of halogens is 3. The largest absolute Gasteiger partial charge is 0.411 e. The van der Waals surface area contributed by atoms with Gasteiger partial charge in [0, 0.05) is 45.9 Å². The molecule has 8 heteroatoms. The van der Waals surface area contributed by atoms with Gasteiger partial charge in [0.15, 0.2) is 0 Å². The molecule has 142 valence electrons. The normalized spacial score (nSPS) is 17.2. The van der Waals surface area contributed by atoms with E-state index in [2.05, 4.69) is 35.7 Å². The molecule has 2 amide bonds. The number of rotatable bonds is 7. The quantitative estimate of drug-likeness (QED) is 0.716. The zero-order valence-electron chi connectivity index (χ0n) is 14.9. The standard InChI is InChI=1S/C16H30F3N3O2/c1-15(2,3)5-6-20-14(23)22-10-8-21(9-11-22)7-4-12-24-13-16(17,18)19/h4-13H2,1-3H3,(H,20,23). The van der Waals surface area contributed by atoms with Crippen LogP contribution in [0.3, 0.4) is 0 Å². The number of hydrogen-bond donors (Lipinski definition) is 1. The monoisotopic (exact) mass is 353 g/mol. The van der Waals surface area contributed by atoms with Crippen LogP contribution in [-0.4, -0.2) is 74.5 Å². The van der Waals surface area contributed by atoms with Crippen molar-refractivity contribution in [3.8, 4) is 0 Å². The number of carbonyl (C=O) groups is 1. The summed E-state index contributed by atoms with van der Waals surface area (Å²) >= 11 is 0. The van der Waals surface area contributed by atoms with Crippen LogP contribution in [0, 0.1) is 5.41 Å². The number of urea groups is 1. The minimum atomic E-state index is -4.26. The lowest BCUT2D eigenvalue weighted by atomic mass is 9.92. The molecule has 0 aromatic carbocycles. The summed E-state index contributed by atoms with van der Waals surface area (Å²) in [6.45, 7) is 9.45. The fourth-order valence-electron chi connectivity index (χ4n) is 2.41. The zero-order valence-corrected chi connectivity index (χ0v) is 14.9. The third-order valence-corrected chi connectivity index (χ3v) is 3.84. The van der Waals surface area contributed by atoms with Crippen molar-refractivity contribution in [3.63, 3.8) is 0 Å². The molecule has 1 heterocycles. The molecule has 0 spiro atoms. The molecule has 1 rings (SSSR count). The Labute approximate surface area is 142 Å². The van der Waals surface area contributed by atoms with Gasteiger partial charge in [-0.25, -0.2) is 4.79 Å². The highest BCUT2D eigenvalue weighted by Gasteiger charge is 2.27. The van der Waals surface area contributed by atoms with Crippen LogP contribution in [-0.2, 0) is 4.74 Å². The maximum absolute atomic E-state index is 12.1. The first kappa shape index (κ1) is 21.0. The minimum absolute atomic E-state index is 0.0348. The molecule has 0 radical (unpaired) electrons. The van der Waals surface area contributed by atoms with Crippen LogP contribution < -0.4 is 5.32 Å². The summed E-state index contributed by atoms with van der Waals surface area (Å²) in [7, 11) is 0. The summed E-state index contributed by atoms with van der Waals surface area (Å²) in [5.41, 5.74) is 0.195. The van der Waals surface area contributed by atoms with E-state index in [1.807, 2.05) is 0 Å². The van der Waals surface area contributed by atoms with Gasteiger partial charge in [-0.2, -0.15) is 13.2 Å². The van der Waals surface area contributed by atoms with Crippen LogP contribution >= 0.6 is 0 Å². The molecule has 1 aliphatic rings. The van der Waals surface area contributed by atoms with Gasteiger partial charge >= 0.3 is 12.2 Å². The van der Waals surface area contributed by atoms with E-state index in [1.165, 1.54) is 0 Å². The Kier molecular flexibility index (Phi) is 8.29. The molecule has 0 bridgehead atoms. The van der Waals surface area contributed by atoms with E-state index >= 15 is 0 Å². The lowest BCUT2D eigenvalue weighted by Crippen LogP contribution is -2.52. The zero-order chi connectivity index (χ0) is 18.2. The van der Waals surface area contributed by atoms with Crippen molar-refractivity contribution in [2.24, 2.45) is 5.41 Å². The number of ether oxygens (including phenoxy) is 1. The molecule has 0 aromatic rings. The number of nitrogens with one attached hydrogen (secondary N) is 1. The van der Waals surface area contributed by atoms with Gasteiger partial charge in [0.1, 0.15) is 6.61 Å². The highest BCUT2D eigenvalue weighted by Crippen LogP contribution is 2.17. The van der Waals surface area contributed by atoms with E-state index < -0.39 is 12.8 Å². The Bertz CT molecular complexity index is 376. The fraction of sp³-hybridized carbons (Fsp3) is 0.938. The van der Waals surface area contributed by atoms with Gasteiger partial charge in [-0.15, -0.1) is 0 Å². The predicted molar refractivity (Wildman–Crippen MR) is 87.0 cm³/mol. The van der Waals surface area contributed by atoms with Crippen LogP contribution in [0.25, 0.3) is 0 Å². The molecule has 0 aromatic heterocycles. The molecule has 0 aliphatic carbocycles. The lowest BCUT2D eigenvalue weighted by molar-refractivity contribution is -0.174. The van der Waals surface area contributed by atoms with E-state index in [-0.39, 0.29) is 18.1 Å². The van der Waals surface area contributed by atoms with Gasteiger partial charge in [0.25, 0.3) is 0 Å². The SMILES string of the molecule is CC(C)(C)CCNC(=O)N1CCN(CCCOCC(F)(F)F)CC1. The number of nitrogens with zero attached hydrogens (tertiary/aromatic N) is 2. The van der Waals surface area contributed by atoms with Crippen LogP contribution in [0.15, 0.2) is 0 Å². The topological polar surface area (TPSA) is 44.8 Å². The van der Waals surface area contributed by atoms with Crippen LogP contribution in [0.4, 0.5) is 18.0 Å². The van der Waals surface area contributed by atoms with Gasteiger partial charge in [0.2, 0.25) is 0 Å². The number of alkyl halides is 3. The van der Waals surface area contributed by atoms with Crippen molar-refractivity contribution in [1.29, 1.82) is 0 Å². The summed E-state index contributed by atoms with van der Waals surface area (Å²) in [5.74, 6) is 0. The molecular weight excluding hydrogens is 323 g/mol. The number of amides is 2. The number of hydrogen-bond acceptors (Lipinski definition) is 3. The van der Waals surface area contributed by atoms with Crippen molar-refractivity contribution in [2.75, 3.05) is 52.5 Å². The molecule has 0 atom stereocenters. The second-order valence-electron chi connectivity index (χ2n) is 7.39. The van der Waals surface area contributed by atoms with E-state index in [9.17, 15) is 18.0 Å². The van der Waals surface area contributed by atoms with E-state index in [4.69, 9.17) is 0 Å². The first-order valence-corrected chi connectivity index (χ1v) is 8.46. The number of carbonyl (C=O) groups excluding carboxylic acids is 1. The Balaban J connectivity index is 2.10. The summed E-state index contributed by atoms with van der Waals surface area (Å²) in [6.07, 6.45) is -2.77. The van der Waals surface area contributed by atoms with E-state index in [1.54, 1.807) is 4.90 Å². The van der Waals surface area contributed by atoms with Crippen molar-refractivity contribution in [1.82, 2.24) is 15.1 Å². The summed E-state index contributed by atoms with van der Waals surface area (Å²) in [6, 6.07) is -0.0348. The molecule has 0 unspecified atom stereocenters. The molecule has 5 nitrogen and oxygen atoms in total. The molecule has 1 aliphatic heterocycles. The second-order valence-corrected chi connectivity index (χ2v) is 7.39. The maximum Gasteiger partial charge on any atom is 0.411 e. The fourth-order valence-corrected chi connectivity index (χ4v) is 2.41. The predicted octanol–water partition coefficient (Wildman–Crippen LogP) is 2.72. The Morgan fingerprint density at radius 1 is 1.12 bits per heavy atom. The smallest absolute Gasteiger partial charge is 0.372 e. The molecule has 24 heavy (non-hydrogen) atoms. The average molecular weight is 353 g/mol. The van der Waals surface area contributed by atoms with Crippen molar-refractivity contribution < 1.29 is 22.7 Å². The lowest BCUT2D eigenvalue weighted by Gasteiger charge is -2.34. The van der Waals surface area contributed by atoms with Crippen molar-refractivity contribution in [2.45, 2.75) is 39.8 Å². The van der Waals surface area contributed by atoms with E-state index in [0.29, 0.717) is 32.6 Å². The first-order chi connectivity index (χ1) is 11.1. The van der Waals surface area contributed by atoms with Crippen molar-refractivity contribution >= 4 is 6.03 Å². The molecule has 1 saturated heterocycles. The molecule has 1 fully saturated rings. The van der Waals surface area contributed by atoms with Crippen LogP contribution in [0.1, 0.15) is 33.6 Å². The second kappa shape index (κ2) is 9.46. The van der Waals surface area contributed by atoms with Crippen LogP contribution in [0.5, 0.6) is 0 Å². The summed E-state index contributed by atoms with van der Waals surface area (Å²) in [5, 5.41) is 2.94. The highest BCUT2D eigenvalue weighted by atomic mass is 19.4. The first-order valence-electron chi connectivity index (χ1n) is 8.46. The van der Waals surface area contributed by atoms with E-state index in [0.717, 1.165) is 19.5 Å². The van der Waals surface area contributed by atoms with Gasteiger partial charge in [-0.3, -0.25) is 4.90 Å². The summed E-state index contributed by atoms with van der Waals surface area (Å²) in [4.78, 5) is 16.0. The van der Waals surface area contributed by atoms with Gasteiger partial charge < -0.3 is 15.0 Å². The molecule has 1 N–H and O–H groups in total. The van der Waals surface area contributed by atoms with Gasteiger partial charge in [0.05, 0.1) is 0 Å². The van der Waals surface area contributed by atoms with Crippen molar-refractivity contribution in [3.05, 3.63) is 0 Å². The average Bonchev–Trinajstić information content (AvgIpc) is 2.45. The van der Waals surface area contributed by atoms with Crippen LogP contribution in [0.2, 0.25) is 0 Å².